The number of amides is 1. The minimum atomic E-state index is -0.128. The normalized spacial score (nSPS) is 10.9. The van der Waals surface area contributed by atoms with Crippen LogP contribution in [0.3, 0.4) is 0 Å². The molecule has 7 heteroatoms. The number of imidazole rings is 1. The van der Waals surface area contributed by atoms with Gasteiger partial charge in [0.05, 0.1) is 29.2 Å². The van der Waals surface area contributed by atoms with Gasteiger partial charge in [0.1, 0.15) is 0 Å². The van der Waals surface area contributed by atoms with Crippen molar-refractivity contribution in [3.8, 4) is 5.69 Å². The van der Waals surface area contributed by atoms with Gasteiger partial charge in [-0.25, -0.2) is 9.97 Å². The Balaban J connectivity index is 1.41. The van der Waals surface area contributed by atoms with Crippen molar-refractivity contribution in [3.63, 3.8) is 0 Å². The molecule has 7 nitrogen and oxygen atoms in total. The lowest BCUT2D eigenvalue weighted by Crippen LogP contribution is -2.27. The number of hydrogen-bond donors (Lipinski definition) is 1. The number of nitrogens with zero attached hydrogens (tertiary/aromatic N) is 4. The van der Waals surface area contributed by atoms with E-state index in [9.17, 15) is 9.59 Å². The minimum absolute atomic E-state index is 0.123. The van der Waals surface area contributed by atoms with Crippen molar-refractivity contribution < 1.29 is 4.79 Å². The topological polar surface area (TPSA) is 81.8 Å². The lowest BCUT2D eigenvalue weighted by molar-refractivity contribution is -0.121. The maximum absolute atomic E-state index is 12.6. The highest BCUT2D eigenvalue weighted by Gasteiger charge is 2.09. The van der Waals surface area contributed by atoms with E-state index in [1.165, 1.54) is 10.9 Å². The number of rotatable bonds is 6. The average Bonchev–Trinajstić information content (AvgIpc) is 3.27. The van der Waals surface area contributed by atoms with E-state index < -0.39 is 0 Å². The monoisotopic (exact) mass is 387 g/mol. The van der Waals surface area contributed by atoms with Gasteiger partial charge in [-0.2, -0.15) is 0 Å². The van der Waals surface area contributed by atoms with Crippen LogP contribution >= 0.6 is 0 Å². The Kier molecular flexibility index (Phi) is 5.20. The van der Waals surface area contributed by atoms with Crippen molar-refractivity contribution in [2.45, 2.75) is 26.4 Å². The van der Waals surface area contributed by atoms with E-state index in [0.717, 1.165) is 16.8 Å². The van der Waals surface area contributed by atoms with Gasteiger partial charge in [-0.1, -0.05) is 30.3 Å². The molecule has 29 heavy (non-hydrogen) atoms. The largest absolute Gasteiger partial charge is 0.352 e. The molecule has 0 radical (unpaired) electrons. The van der Waals surface area contributed by atoms with Crippen LogP contribution in [-0.2, 0) is 17.9 Å². The molecule has 4 aromatic rings. The van der Waals surface area contributed by atoms with Crippen LogP contribution in [0, 0.1) is 6.92 Å². The van der Waals surface area contributed by atoms with E-state index in [4.69, 9.17) is 0 Å². The highest BCUT2D eigenvalue weighted by molar-refractivity contribution is 5.80. The SMILES string of the molecule is Cc1cccc2c(=O)n(CCC(=O)NCc3ccccc3-n3ccnc3)cnc12. The standard InChI is InChI=1S/C22H21N5O2/c1-16-5-4-7-18-21(16)25-15-27(22(18)29)11-9-20(28)24-13-17-6-2-3-8-19(17)26-12-10-23-14-26/h2-8,10,12,14-15H,9,11,13H2,1H3,(H,24,28). The number of benzene rings is 2. The zero-order chi connectivity index (χ0) is 20.2. The Morgan fingerprint density at radius 3 is 2.79 bits per heavy atom. The first kappa shape index (κ1) is 18.6. The van der Waals surface area contributed by atoms with Gasteiger partial charge in [-0.15, -0.1) is 0 Å². The minimum Gasteiger partial charge on any atom is -0.352 e. The lowest BCUT2D eigenvalue weighted by atomic mass is 10.1. The van der Waals surface area contributed by atoms with Gasteiger partial charge in [0.15, 0.2) is 0 Å². The summed E-state index contributed by atoms with van der Waals surface area (Å²) in [6.07, 6.45) is 7.01. The number of aromatic nitrogens is 4. The van der Waals surface area contributed by atoms with Crippen molar-refractivity contribution >= 4 is 16.8 Å². The Morgan fingerprint density at radius 2 is 1.97 bits per heavy atom. The van der Waals surface area contributed by atoms with Crippen molar-refractivity contribution in [1.29, 1.82) is 0 Å². The number of nitrogens with one attached hydrogen (secondary N) is 1. The molecule has 0 aliphatic carbocycles. The summed E-state index contributed by atoms with van der Waals surface area (Å²) in [5, 5.41) is 3.50. The molecule has 0 saturated carbocycles. The van der Waals surface area contributed by atoms with Crippen LogP contribution in [0.2, 0.25) is 0 Å². The summed E-state index contributed by atoms with van der Waals surface area (Å²) in [5.41, 5.74) is 3.49. The number of para-hydroxylation sites is 2. The molecule has 146 valence electrons. The second-order valence-electron chi connectivity index (χ2n) is 6.84. The van der Waals surface area contributed by atoms with Gasteiger partial charge in [-0.3, -0.25) is 14.2 Å². The second kappa shape index (κ2) is 8.10. The van der Waals surface area contributed by atoms with Gasteiger partial charge in [0.2, 0.25) is 5.91 Å². The van der Waals surface area contributed by atoms with Gasteiger partial charge in [0.25, 0.3) is 5.56 Å². The second-order valence-corrected chi connectivity index (χ2v) is 6.84. The van der Waals surface area contributed by atoms with E-state index in [0.29, 0.717) is 17.4 Å². The van der Waals surface area contributed by atoms with Crippen LogP contribution in [0.4, 0.5) is 0 Å². The molecule has 2 aromatic heterocycles. The van der Waals surface area contributed by atoms with Crippen LogP contribution in [0.15, 0.2) is 72.3 Å². The summed E-state index contributed by atoms with van der Waals surface area (Å²) in [7, 11) is 0. The third-order valence-electron chi connectivity index (χ3n) is 4.89. The summed E-state index contributed by atoms with van der Waals surface area (Å²) in [6, 6.07) is 13.4. The molecule has 0 saturated heterocycles. The first-order chi connectivity index (χ1) is 14.1. The molecule has 0 spiro atoms. The molecule has 1 N–H and O–H groups in total. The summed E-state index contributed by atoms with van der Waals surface area (Å²) < 4.78 is 3.39. The number of carbonyl (C=O) groups excluding carboxylic acids is 1. The quantitative estimate of drug-likeness (QED) is 0.551. The fourth-order valence-electron chi connectivity index (χ4n) is 3.31. The van der Waals surface area contributed by atoms with Crippen LogP contribution in [0.1, 0.15) is 17.5 Å². The van der Waals surface area contributed by atoms with Crippen molar-refractivity contribution in [2.24, 2.45) is 0 Å². The Hall–Kier alpha value is -3.74. The van der Waals surface area contributed by atoms with E-state index in [-0.39, 0.29) is 24.4 Å². The molecule has 0 bridgehead atoms. The molecule has 0 aliphatic heterocycles. The molecule has 0 atom stereocenters. The molecule has 4 rings (SSSR count). The fourth-order valence-corrected chi connectivity index (χ4v) is 3.31. The van der Waals surface area contributed by atoms with Crippen LogP contribution in [-0.4, -0.2) is 25.0 Å². The summed E-state index contributed by atoms with van der Waals surface area (Å²) in [4.78, 5) is 33.4. The van der Waals surface area contributed by atoms with Crippen molar-refractivity contribution in [3.05, 3.63) is 89.0 Å². The predicted molar refractivity (Wildman–Crippen MR) is 111 cm³/mol. The van der Waals surface area contributed by atoms with Crippen LogP contribution in [0.25, 0.3) is 16.6 Å². The molecule has 1 amide bonds. The molecule has 2 aromatic carbocycles. The number of hydrogen-bond acceptors (Lipinski definition) is 4. The Labute approximate surface area is 167 Å². The van der Waals surface area contributed by atoms with Gasteiger partial charge in [-0.05, 0) is 30.2 Å². The molecule has 0 aliphatic rings. The van der Waals surface area contributed by atoms with E-state index >= 15 is 0 Å². The Morgan fingerprint density at radius 1 is 1.10 bits per heavy atom. The zero-order valence-electron chi connectivity index (χ0n) is 16.1. The van der Waals surface area contributed by atoms with E-state index in [2.05, 4.69) is 15.3 Å². The average molecular weight is 387 g/mol. The first-order valence-electron chi connectivity index (χ1n) is 9.41. The highest BCUT2D eigenvalue weighted by atomic mass is 16.1. The van der Waals surface area contributed by atoms with Gasteiger partial charge >= 0.3 is 0 Å². The third-order valence-corrected chi connectivity index (χ3v) is 4.89. The number of fused-ring (bicyclic) bond motifs is 1. The van der Waals surface area contributed by atoms with E-state index in [1.807, 2.05) is 54.1 Å². The zero-order valence-corrected chi connectivity index (χ0v) is 16.1. The summed E-state index contributed by atoms with van der Waals surface area (Å²) in [5.74, 6) is -0.123. The van der Waals surface area contributed by atoms with E-state index in [1.54, 1.807) is 18.6 Å². The number of aryl methyl sites for hydroxylation is 2. The summed E-state index contributed by atoms with van der Waals surface area (Å²) in [6.45, 7) is 2.61. The van der Waals surface area contributed by atoms with Crippen LogP contribution in [0.5, 0.6) is 0 Å². The molecule has 0 unspecified atom stereocenters. The first-order valence-corrected chi connectivity index (χ1v) is 9.41. The van der Waals surface area contributed by atoms with Crippen LogP contribution < -0.4 is 10.9 Å². The maximum atomic E-state index is 12.6. The molecular formula is C22H21N5O2. The third kappa shape index (κ3) is 3.94. The fraction of sp³-hybridized carbons (Fsp3) is 0.182. The predicted octanol–water partition coefficient (Wildman–Crippen LogP) is 2.60. The smallest absolute Gasteiger partial charge is 0.261 e. The maximum Gasteiger partial charge on any atom is 0.261 e. The highest BCUT2D eigenvalue weighted by Crippen LogP contribution is 2.14. The molecule has 0 fully saturated rings. The molecule has 2 heterocycles. The van der Waals surface area contributed by atoms with Crippen molar-refractivity contribution in [2.75, 3.05) is 0 Å². The van der Waals surface area contributed by atoms with Gasteiger partial charge in [0, 0.05) is 31.9 Å². The van der Waals surface area contributed by atoms with Gasteiger partial charge < -0.3 is 9.88 Å². The Bertz CT molecular complexity index is 1210. The number of carbonyl (C=O) groups is 1. The lowest BCUT2D eigenvalue weighted by Gasteiger charge is -2.12. The van der Waals surface area contributed by atoms with Crippen molar-refractivity contribution in [1.82, 2.24) is 24.4 Å². The molecular weight excluding hydrogens is 366 g/mol. The summed E-state index contributed by atoms with van der Waals surface area (Å²) >= 11 is 0.